The number of carbonyl (C=O) groups excluding carboxylic acids is 1. The molecule has 5 nitrogen and oxygen atoms in total. The lowest BCUT2D eigenvalue weighted by molar-refractivity contribution is -0.114. The summed E-state index contributed by atoms with van der Waals surface area (Å²) in [4.78, 5) is 10.7. The van der Waals surface area contributed by atoms with E-state index < -0.39 is 5.91 Å². The summed E-state index contributed by atoms with van der Waals surface area (Å²) in [6.45, 7) is 3.44. The van der Waals surface area contributed by atoms with Crippen molar-refractivity contribution in [3.8, 4) is 0 Å². The molecule has 0 saturated heterocycles. The monoisotopic (exact) mass is 185 g/mol. The topological polar surface area (TPSA) is 84.9 Å². The van der Waals surface area contributed by atoms with Crippen molar-refractivity contribution in [1.29, 1.82) is 0 Å². The van der Waals surface area contributed by atoms with Gasteiger partial charge in [0.05, 0.1) is 6.42 Å². The zero-order valence-electron chi connectivity index (χ0n) is 6.16. The molecule has 64 valence electrons. The van der Waals surface area contributed by atoms with E-state index in [4.69, 9.17) is 10.2 Å². The van der Waals surface area contributed by atoms with E-state index in [0.29, 0.717) is 5.89 Å². The normalized spacial score (nSPS) is 9.67. The number of primary amides is 1. The Bertz CT molecular complexity index is 365. The van der Waals surface area contributed by atoms with E-state index in [1.807, 2.05) is 0 Å². The minimum absolute atomic E-state index is 0.169. The van der Waals surface area contributed by atoms with Crippen LogP contribution in [0.3, 0.4) is 0 Å². The molecule has 1 rings (SSSR count). The maximum Gasteiger partial charge on any atom is 0.284 e. The minimum atomic E-state index is -0.570. The highest BCUT2D eigenvalue weighted by Crippen LogP contribution is 2.02. The van der Waals surface area contributed by atoms with Crippen LogP contribution in [0.2, 0.25) is 0 Å². The second kappa shape index (κ2) is 3.31. The molecule has 0 aliphatic heterocycles. The van der Waals surface area contributed by atoms with Crippen LogP contribution in [-0.2, 0) is 11.2 Å². The summed E-state index contributed by atoms with van der Waals surface area (Å²) in [6.07, 6.45) is 0.183. The molecule has 0 bridgehead atoms. The van der Waals surface area contributed by atoms with Crippen LogP contribution in [0.4, 0.5) is 0 Å². The molecule has 0 aliphatic carbocycles. The molecule has 0 spiro atoms. The molecule has 3 N–H and O–H groups in total. The van der Waals surface area contributed by atoms with Gasteiger partial charge < -0.3 is 10.2 Å². The van der Waals surface area contributed by atoms with Gasteiger partial charge in [0.1, 0.15) is 0 Å². The van der Waals surface area contributed by atoms with Gasteiger partial charge in [-0.15, -0.1) is 5.10 Å². The molecule has 0 radical (unpaired) electrons. The lowest BCUT2D eigenvalue weighted by Gasteiger charge is -1.93. The summed E-state index contributed by atoms with van der Waals surface area (Å²) in [7, 11) is 0. The van der Waals surface area contributed by atoms with Gasteiger partial charge in [-0.3, -0.25) is 4.79 Å². The van der Waals surface area contributed by atoms with Gasteiger partial charge >= 0.3 is 0 Å². The van der Waals surface area contributed by atoms with E-state index in [-0.39, 0.29) is 16.8 Å². The van der Waals surface area contributed by atoms with Crippen LogP contribution in [0, 0.1) is 4.84 Å². The minimum Gasteiger partial charge on any atom is -0.414 e. The molecule has 1 amide bonds. The third-order valence-corrected chi connectivity index (χ3v) is 1.37. The van der Waals surface area contributed by atoms with Crippen LogP contribution in [0.5, 0.6) is 0 Å². The van der Waals surface area contributed by atoms with E-state index in [1.165, 1.54) is 0 Å². The molecule has 0 unspecified atom stereocenters. The van der Waals surface area contributed by atoms with E-state index in [0.717, 1.165) is 0 Å². The van der Waals surface area contributed by atoms with Crippen molar-refractivity contribution in [3.63, 3.8) is 0 Å². The number of nitrogens with one attached hydrogen (secondary N) is 1. The van der Waals surface area contributed by atoms with Gasteiger partial charge in [-0.2, -0.15) is 0 Å². The number of aromatic amines is 1. The smallest absolute Gasteiger partial charge is 0.284 e. The van der Waals surface area contributed by atoms with Gasteiger partial charge in [-0.25, -0.2) is 5.10 Å². The van der Waals surface area contributed by atoms with Crippen LogP contribution < -0.4 is 5.73 Å². The first-order valence-electron chi connectivity index (χ1n) is 3.11. The lowest BCUT2D eigenvalue weighted by atomic mass is 10.2. The highest BCUT2D eigenvalue weighted by Gasteiger charge is 2.06. The Morgan fingerprint density at radius 1 is 1.83 bits per heavy atom. The number of amides is 1. The van der Waals surface area contributed by atoms with Gasteiger partial charge in [-0.1, -0.05) is 6.58 Å². The summed E-state index contributed by atoms with van der Waals surface area (Å²) in [5.41, 5.74) is 5.18. The highest BCUT2D eigenvalue weighted by atomic mass is 32.1. The van der Waals surface area contributed by atoms with E-state index in [1.54, 1.807) is 0 Å². The first kappa shape index (κ1) is 8.66. The van der Waals surface area contributed by atoms with Gasteiger partial charge in [-0.05, 0) is 12.2 Å². The van der Waals surface area contributed by atoms with Crippen molar-refractivity contribution < 1.29 is 9.21 Å². The largest absolute Gasteiger partial charge is 0.414 e. The fourth-order valence-corrected chi connectivity index (χ4v) is 0.748. The van der Waals surface area contributed by atoms with Gasteiger partial charge in [0.25, 0.3) is 4.84 Å². The third kappa shape index (κ3) is 2.03. The number of rotatable bonds is 3. The SMILES string of the molecule is C=C(Cc1n[nH]c(=S)o1)C(N)=O. The molecular weight excluding hydrogens is 178 g/mol. The van der Waals surface area contributed by atoms with Crippen molar-refractivity contribution in [2.45, 2.75) is 6.42 Å². The van der Waals surface area contributed by atoms with Crippen LogP contribution in [-0.4, -0.2) is 16.1 Å². The zero-order valence-corrected chi connectivity index (χ0v) is 6.98. The Morgan fingerprint density at radius 3 is 2.92 bits per heavy atom. The molecule has 0 aromatic carbocycles. The molecule has 6 heteroatoms. The molecule has 0 saturated carbocycles. The van der Waals surface area contributed by atoms with Crippen molar-refractivity contribution in [2.24, 2.45) is 5.73 Å². The van der Waals surface area contributed by atoms with Crippen LogP contribution in [0.25, 0.3) is 0 Å². The Balaban J connectivity index is 2.71. The molecule has 0 aliphatic rings. The number of nitrogens with two attached hydrogens (primary N) is 1. The second-order valence-electron chi connectivity index (χ2n) is 2.15. The van der Waals surface area contributed by atoms with Gasteiger partial charge in [0.2, 0.25) is 11.8 Å². The van der Waals surface area contributed by atoms with Gasteiger partial charge in [0.15, 0.2) is 0 Å². The average molecular weight is 185 g/mol. The fourth-order valence-electron chi connectivity index (χ4n) is 0.606. The maximum absolute atomic E-state index is 10.5. The Morgan fingerprint density at radius 2 is 2.50 bits per heavy atom. The standard InChI is InChI=1S/C6H7N3O2S/c1-3(5(7)10)2-4-8-9-6(12)11-4/h1-2H2,(H2,7,10)(H,9,12). The first-order valence-corrected chi connectivity index (χ1v) is 3.52. The van der Waals surface area contributed by atoms with Crippen molar-refractivity contribution in [3.05, 3.63) is 22.9 Å². The predicted octanol–water partition coefficient (Wildman–Crippen LogP) is 0.316. The first-order chi connectivity index (χ1) is 5.59. The van der Waals surface area contributed by atoms with Crippen LogP contribution >= 0.6 is 12.2 Å². The predicted molar refractivity (Wildman–Crippen MR) is 43.7 cm³/mol. The summed E-state index contributed by atoms with van der Waals surface area (Å²) >= 11 is 4.62. The average Bonchev–Trinajstić information content (AvgIpc) is 2.35. The Kier molecular flexibility index (Phi) is 2.39. The molecular formula is C6H7N3O2S. The number of H-pyrrole nitrogens is 1. The molecule has 0 atom stereocenters. The number of carbonyl (C=O) groups is 1. The summed E-state index contributed by atoms with van der Waals surface area (Å²) in [5.74, 6) is -0.261. The molecule has 12 heavy (non-hydrogen) atoms. The van der Waals surface area contributed by atoms with Crippen LogP contribution in [0.15, 0.2) is 16.6 Å². The number of hydrogen-bond acceptors (Lipinski definition) is 4. The van der Waals surface area contributed by atoms with Crippen molar-refractivity contribution in [1.82, 2.24) is 10.2 Å². The quantitative estimate of drug-likeness (QED) is 0.524. The Hall–Kier alpha value is -1.43. The molecule has 1 aromatic rings. The van der Waals surface area contributed by atoms with Crippen molar-refractivity contribution >= 4 is 18.1 Å². The van der Waals surface area contributed by atoms with Crippen LogP contribution in [0.1, 0.15) is 5.89 Å². The molecule has 0 fully saturated rings. The maximum atomic E-state index is 10.5. The number of hydrogen-bond donors (Lipinski definition) is 2. The summed E-state index contributed by atoms with van der Waals surface area (Å²) in [5, 5.41) is 6.09. The van der Waals surface area contributed by atoms with Crippen molar-refractivity contribution in [2.75, 3.05) is 0 Å². The highest BCUT2D eigenvalue weighted by molar-refractivity contribution is 7.71. The zero-order chi connectivity index (χ0) is 9.14. The summed E-state index contributed by atoms with van der Waals surface area (Å²) < 4.78 is 4.88. The third-order valence-electron chi connectivity index (χ3n) is 1.20. The van der Waals surface area contributed by atoms with E-state index in [9.17, 15) is 4.79 Å². The molecule has 1 heterocycles. The number of aromatic nitrogens is 2. The Labute approximate surface area is 73.3 Å². The molecule has 1 aromatic heterocycles. The lowest BCUT2D eigenvalue weighted by Crippen LogP contribution is -2.14. The van der Waals surface area contributed by atoms with Gasteiger partial charge in [0, 0.05) is 5.57 Å². The number of nitrogens with zero attached hydrogens (tertiary/aromatic N) is 1. The van der Waals surface area contributed by atoms with E-state index in [2.05, 4.69) is 29.0 Å². The van der Waals surface area contributed by atoms with E-state index >= 15 is 0 Å². The fraction of sp³-hybridized carbons (Fsp3) is 0.167. The summed E-state index contributed by atoms with van der Waals surface area (Å²) in [6, 6.07) is 0. The second-order valence-corrected chi connectivity index (χ2v) is 2.52.